The highest BCUT2D eigenvalue weighted by atomic mass is 32.2. The average molecular weight is 632 g/mol. The summed E-state index contributed by atoms with van der Waals surface area (Å²) in [5, 5.41) is 2.96. The molecule has 238 valence electrons. The molecule has 0 saturated heterocycles. The maximum Gasteiger partial charge on any atom is 0.416 e. The summed E-state index contributed by atoms with van der Waals surface area (Å²) in [6.07, 6.45) is -3.57. The molecule has 1 atom stereocenters. The van der Waals surface area contributed by atoms with Crippen molar-refractivity contribution in [3.05, 3.63) is 101 Å². The van der Waals surface area contributed by atoms with E-state index in [1.807, 2.05) is 75.4 Å². The van der Waals surface area contributed by atoms with Gasteiger partial charge < -0.3 is 10.2 Å². The summed E-state index contributed by atoms with van der Waals surface area (Å²) in [7, 11) is -3.96. The Labute approximate surface area is 258 Å². The van der Waals surface area contributed by atoms with Gasteiger partial charge in [0.25, 0.3) is 0 Å². The number of carbonyl (C=O) groups is 2. The quantitative estimate of drug-likeness (QED) is 0.238. The van der Waals surface area contributed by atoms with Gasteiger partial charge in [-0.15, -0.1) is 0 Å². The first-order valence-corrected chi connectivity index (χ1v) is 16.3. The van der Waals surface area contributed by atoms with Crippen LogP contribution in [0.3, 0.4) is 0 Å². The van der Waals surface area contributed by atoms with Gasteiger partial charge in [0, 0.05) is 32.5 Å². The topological polar surface area (TPSA) is 86.8 Å². The zero-order valence-corrected chi connectivity index (χ0v) is 26.3. The van der Waals surface area contributed by atoms with Gasteiger partial charge in [-0.3, -0.25) is 13.9 Å². The maximum atomic E-state index is 13.9. The largest absolute Gasteiger partial charge is 0.416 e. The number of hydrogen-bond acceptors (Lipinski definition) is 4. The molecule has 0 radical (unpaired) electrons. The number of amides is 2. The average Bonchev–Trinajstić information content (AvgIpc) is 2.95. The van der Waals surface area contributed by atoms with Gasteiger partial charge in [0.05, 0.1) is 17.5 Å². The summed E-state index contributed by atoms with van der Waals surface area (Å²) in [6.45, 7) is 6.24. The van der Waals surface area contributed by atoms with Crippen LogP contribution in [0.5, 0.6) is 0 Å². The monoisotopic (exact) mass is 631 g/mol. The third-order valence-corrected chi connectivity index (χ3v) is 8.20. The molecule has 0 aliphatic heterocycles. The van der Waals surface area contributed by atoms with Gasteiger partial charge in [0.2, 0.25) is 21.8 Å². The van der Waals surface area contributed by atoms with Gasteiger partial charge in [0.1, 0.15) is 6.04 Å². The number of aryl methyl sites for hydroxylation is 1. The van der Waals surface area contributed by atoms with Crippen molar-refractivity contribution in [2.45, 2.75) is 58.8 Å². The van der Waals surface area contributed by atoms with Gasteiger partial charge in [-0.2, -0.15) is 13.2 Å². The second-order valence-electron chi connectivity index (χ2n) is 11.3. The number of carbonyl (C=O) groups excluding carboxylic acids is 2. The zero-order valence-electron chi connectivity index (χ0n) is 25.5. The molecule has 1 N–H and O–H groups in total. The molecule has 0 heterocycles. The van der Waals surface area contributed by atoms with E-state index in [0.29, 0.717) is 6.54 Å². The summed E-state index contributed by atoms with van der Waals surface area (Å²) in [4.78, 5) is 29.0. The van der Waals surface area contributed by atoms with Gasteiger partial charge in [-0.25, -0.2) is 8.42 Å². The molecular formula is C33H40F3N3O4S. The van der Waals surface area contributed by atoms with E-state index in [1.54, 1.807) is 0 Å². The Morgan fingerprint density at radius 1 is 0.909 bits per heavy atom. The van der Waals surface area contributed by atoms with Crippen molar-refractivity contribution in [3.63, 3.8) is 0 Å². The third kappa shape index (κ3) is 10.4. The number of alkyl halides is 3. The van der Waals surface area contributed by atoms with Crippen molar-refractivity contribution < 1.29 is 31.2 Å². The molecule has 0 aliphatic carbocycles. The predicted molar refractivity (Wildman–Crippen MR) is 166 cm³/mol. The molecule has 0 spiro atoms. The van der Waals surface area contributed by atoms with Crippen LogP contribution in [-0.2, 0) is 38.8 Å². The summed E-state index contributed by atoms with van der Waals surface area (Å²) in [6, 6.07) is 20.2. The van der Waals surface area contributed by atoms with E-state index < -0.39 is 27.8 Å². The Hall–Kier alpha value is -3.86. The minimum atomic E-state index is -4.64. The van der Waals surface area contributed by atoms with Crippen molar-refractivity contribution in [2.24, 2.45) is 5.92 Å². The Morgan fingerprint density at radius 2 is 1.57 bits per heavy atom. The van der Waals surface area contributed by atoms with E-state index >= 15 is 0 Å². The number of anilines is 1. The Morgan fingerprint density at radius 3 is 2.18 bits per heavy atom. The van der Waals surface area contributed by atoms with E-state index in [-0.39, 0.29) is 55.8 Å². The third-order valence-electron chi connectivity index (χ3n) is 7.00. The van der Waals surface area contributed by atoms with Crippen LogP contribution in [0.4, 0.5) is 18.9 Å². The SMILES string of the molecule is Cc1cccc(CN(C(=O)CCCN(c2cccc(C(F)(F)F)c2)S(C)(=O)=O)[C@@H](Cc2ccccc2)C(=O)NCC(C)C)c1. The molecule has 7 nitrogen and oxygen atoms in total. The minimum Gasteiger partial charge on any atom is -0.354 e. The zero-order chi connectivity index (χ0) is 32.5. The van der Waals surface area contributed by atoms with Crippen LogP contribution >= 0.6 is 0 Å². The standard InChI is InChI=1S/C33H40F3N3O4S/c1-24(2)22-37-32(41)30(20-26-12-6-5-7-13-26)38(23-27-14-8-11-25(3)19-27)31(40)17-10-18-39(44(4,42)43)29-16-9-15-28(21-29)33(34,35)36/h5-9,11-16,19,21,24,30H,10,17-18,20,22-23H2,1-4H3,(H,37,41)/t30-/m0/s1. The molecule has 0 aliphatic rings. The number of nitrogens with one attached hydrogen (secondary N) is 1. The van der Waals surface area contributed by atoms with Crippen LogP contribution < -0.4 is 9.62 Å². The Bertz CT molecular complexity index is 1510. The van der Waals surface area contributed by atoms with E-state index in [9.17, 15) is 31.2 Å². The van der Waals surface area contributed by atoms with Gasteiger partial charge in [-0.05, 0) is 48.6 Å². The lowest BCUT2D eigenvalue weighted by Crippen LogP contribution is -2.51. The lowest BCUT2D eigenvalue weighted by molar-refractivity contribution is -0.141. The number of nitrogens with zero attached hydrogens (tertiary/aromatic N) is 2. The van der Waals surface area contributed by atoms with Crippen LogP contribution in [0.2, 0.25) is 0 Å². The Balaban J connectivity index is 1.90. The summed E-state index contributed by atoms with van der Waals surface area (Å²) in [5.74, 6) is -0.481. The highest BCUT2D eigenvalue weighted by Crippen LogP contribution is 2.32. The summed E-state index contributed by atoms with van der Waals surface area (Å²) >= 11 is 0. The Kier molecular flexibility index (Phi) is 12.0. The van der Waals surface area contributed by atoms with E-state index in [1.165, 1.54) is 11.0 Å². The first-order chi connectivity index (χ1) is 20.6. The van der Waals surface area contributed by atoms with Crippen molar-refractivity contribution >= 4 is 27.5 Å². The number of benzene rings is 3. The smallest absolute Gasteiger partial charge is 0.354 e. The van der Waals surface area contributed by atoms with Crippen LogP contribution in [0.1, 0.15) is 48.9 Å². The predicted octanol–water partition coefficient (Wildman–Crippen LogP) is 5.97. The fourth-order valence-electron chi connectivity index (χ4n) is 4.82. The van der Waals surface area contributed by atoms with E-state index in [0.717, 1.165) is 45.5 Å². The molecule has 3 aromatic carbocycles. The molecule has 0 fully saturated rings. The van der Waals surface area contributed by atoms with Crippen molar-refractivity contribution in [1.82, 2.24) is 10.2 Å². The van der Waals surface area contributed by atoms with Crippen molar-refractivity contribution in [3.8, 4) is 0 Å². The number of sulfonamides is 1. The van der Waals surface area contributed by atoms with Crippen molar-refractivity contribution in [1.29, 1.82) is 0 Å². The van der Waals surface area contributed by atoms with Crippen molar-refractivity contribution in [2.75, 3.05) is 23.7 Å². The lowest BCUT2D eigenvalue weighted by atomic mass is 10.0. The summed E-state index contributed by atoms with van der Waals surface area (Å²) < 4.78 is 66.0. The van der Waals surface area contributed by atoms with Crippen LogP contribution in [0, 0.1) is 12.8 Å². The second-order valence-corrected chi connectivity index (χ2v) is 13.2. The van der Waals surface area contributed by atoms with E-state index in [4.69, 9.17) is 0 Å². The molecule has 44 heavy (non-hydrogen) atoms. The number of hydrogen-bond donors (Lipinski definition) is 1. The molecule has 0 aromatic heterocycles. The lowest BCUT2D eigenvalue weighted by Gasteiger charge is -2.32. The van der Waals surface area contributed by atoms with Gasteiger partial charge in [0.15, 0.2) is 0 Å². The first kappa shape index (κ1) is 34.6. The first-order valence-electron chi connectivity index (χ1n) is 14.5. The van der Waals surface area contributed by atoms with Crippen LogP contribution in [-0.4, -0.2) is 50.5 Å². The molecule has 2 amide bonds. The molecule has 11 heteroatoms. The number of rotatable bonds is 14. The molecule has 0 saturated carbocycles. The summed E-state index contributed by atoms with van der Waals surface area (Å²) in [5.41, 5.74) is 1.58. The normalized spacial score (nSPS) is 12.5. The van der Waals surface area contributed by atoms with Gasteiger partial charge >= 0.3 is 6.18 Å². The molecule has 3 aromatic rings. The molecule has 3 rings (SSSR count). The van der Waals surface area contributed by atoms with Gasteiger partial charge in [-0.1, -0.05) is 80.1 Å². The minimum absolute atomic E-state index is 0.0259. The molecule has 0 bridgehead atoms. The second kappa shape index (κ2) is 15.2. The maximum absolute atomic E-state index is 13.9. The van der Waals surface area contributed by atoms with Crippen LogP contribution in [0.25, 0.3) is 0 Å². The van der Waals surface area contributed by atoms with E-state index in [2.05, 4.69) is 5.32 Å². The fourth-order valence-corrected chi connectivity index (χ4v) is 5.78. The highest BCUT2D eigenvalue weighted by Gasteiger charge is 2.33. The fraction of sp³-hybridized carbons (Fsp3) is 0.394. The van der Waals surface area contributed by atoms with Crippen LogP contribution in [0.15, 0.2) is 78.9 Å². The highest BCUT2D eigenvalue weighted by molar-refractivity contribution is 7.92. The molecular weight excluding hydrogens is 591 g/mol. The number of halogens is 3. The molecule has 0 unspecified atom stereocenters.